The standard InChI is InChI=1S/C17H21N7O2/c1-22(2)17(26)13-10-19-11-14(21-13)23-6-8-24(9-7-23)16-12(15(18)25)4-3-5-20-16/h3-5,10-11H,6-9H2,1-2H3,(H2,18,25). The summed E-state index contributed by atoms with van der Waals surface area (Å²) in [6, 6.07) is 3.38. The van der Waals surface area contributed by atoms with Crippen molar-refractivity contribution >= 4 is 23.5 Å². The number of nitrogens with zero attached hydrogens (tertiary/aromatic N) is 6. The van der Waals surface area contributed by atoms with E-state index in [0.717, 1.165) is 0 Å². The van der Waals surface area contributed by atoms with Crippen LogP contribution in [-0.4, -0.2) is 71.9 Å². The lowest BCUT2D eigenvalue weighted by Crippen LogP contribution is -2.47. The zero-order chi connectivity index (χ0) is 18.7. The van der Waals surface area contributed by atoms with E-state index in [2.05, 4.69) is 19.9 Å². The Hall–Kier alpha value is -3.23. The Morgan fingerprint density at radius 3 is 2.46 bits per heavy atom. The number of carbonyl (C=O) groups excluding carboxylic acids is 2. The third-order valence-corrected chi connectivity index (χ3v) is 4.20. The van der Waals surface area contributed by atoms with Crippen molar-refractivity contribution in [2.24, 2.45) is 5.73 Å². The van der Waals surface area contributed by atoms with Crippen LogP contribution in [0.25, 0.3) is 0 Å². The average molecular weight is 355 g/mol. The molecule has 1 aliphatic rings. The fourth-order valence-corrected chi connectivity index (χ4v) is 2.83. The number of hydrogen-bond donors (Lipinski definition) is 1. The first-order valence-corrected chi connectivity index (χ1v) is 8.26. The molecule has 3 heterocycles. The summed E-state index contributed by atoms with van der Waals surface area (Å²) in [5.41, 5.74) is 6.17. The molecule has 1 aliphatic heterocycles. The largest absolute Gasteiger partial charge is 0.365 e. The molecular formula is C17H21N7O2. The van der Waals surface area contributed by atoms with E-state index < -0.39 is 5.91 Å². The van der Waals surface area contributed by atoms with Crippen LogP contribution in [0.2, 0.25) is 0 Å². The van der Waals surface area contributed by atoms with E-state index in [9.17, 15) is 9.59 Å². The van der Waals surface area contributed by atoms with Crippen LogP contribution in [0.1, 0.15) is 20.8 Å². The summed E-state index contributed by atoms with van der Waals surface area (Å²) in [6.07, 6.45) is 4.77. The highest BCUT2D eigenvalue weighted by molar-refractivity contribution is 5.97. The van der Waals surface area contributed by atoms with Gasteiger partial charge in [0.1, 0.15) is 17.3 Å². The first-order valence-electron chi connectivity index (χ1n) is 8.26. The van der Waals surface area contributed by atoms with Crippen LogP contribution >= 0.6 is 0 Å². The van der Waals surface area contributed by atoms with Gasteiger partial charge in [0.2, 0.25) is 0 Å². The molecule has 2 N–H and O–H groups in total. The predicted octanol–water partition coefficient (Wildman–Crippen LogP) is -0.00110. The van der Waals surface area contributed by atoms with Crippen LogP contribution in [0.3, 0.4) is 0 Å². The maximum Gasteiger partial charge on any atom is 0.273 e. The van der Waals surface area contributed by atoms with E-state index in [1.165, 1.54) is 11.1 Å². The first-order chi connectivity index (χ1) is 12.5. The van der Waals surface area contributed by atoms with Crippen LogP contribution < -0.4 is 15.5 Å². The summed E-state index contributed by atoms with van der Waals surface area (Å²) in [5.74, 6) is 0.588. The molecule has 0 saturated carbocycles. The van der Waals surface area contributed by atoms with E-state index in [1.807, 2.05) is 4.90 Å². The van der Waals surface area contributed by atoms with Gasteiger partial charge in [0.25, 0.3) is 11.8 Å². The molecule has 9 nitrogen and oxygen atoms in total. The number of primary amides is 1. The quantitative estimate of drug-likeness (QED) is 0.822. The number of hydrogen-bond acceptors (Lipinski definition) is 7. The molecule has 0 spiro atoms. The zero-order valence-electron chi connectivity index (χ0n) is 14.8. The Morgan fingerprint density at radius 1 is 1.12 bits per heavy atom. The van der Waals surface area contributed by atoms with Crippen molar-refractivity contribution in [1.29, 1.82) is 0 Å². The summed E-state index contributed by atoms with van der Waals surface area (Å²) in [6.45, 7) is 2.65. The van der Waals surface area contributed by atoms with Crippen molar-refractivity contribution in [3.05, 3.63) is 42.0 Å². The lowest BCUT2D eigenvalue weighted by Gasteiger charge is -2.36. The normalized spacial score (nSPS) is 14.2. The molecule has 0 aliphatic carbocycles. The molecule has 3 rings (SSSR count). The highest BCUT2D eigenvalue weighted by Gasteiger charge is 2.23. The summed E-state index contributed by atoms with van der Waals surface area (Å²) in [7, 11) is 3.36. The van der Waals surface area contributed by atoms with Crippen molar-refractivity contribution in [2.75, 3.05) is 50.1 Å². The van der Waals surface area contributed by atoms with Crippen LogP contribution in [0.4, 0.5) is 11.6 Å². The summed E-state index contributed by atoms with van der Waals surface area (Å²) in [5, 5.41) is 0. The lowest BCUT2D eigenvalue weighted by atomic mass is 10.2. The second-order valence-corrected chi connectivity index (χ2v) is 6.18. The van der Waals surface area contributed by atoms with Gasteiger partial charge in [-0.3, -0.25) is 14.6 Å². The van der Waals surface area contributed by atoms with E-state index in [-0.39, 0.29) is 5.91 Å². The van der Waals surface area contributed by atoms with Gasteiger partial charge < -0.3 is 20.4 Å². The van der Waals surface area contributed by atoms with Gasteiger partial charge in [0.15, 0.2) is 0 Å². The molecule has 136 valence electrons. The van der Waals surface area contributed by atoms with Crippen LogP contribution in [-0.2, 0) is 0 Å². The van der Waals surface area contributed by atoms with Gasteiger partial charge in [-0.05, 0) is 12.1 Å². The Labute approximate surface area is 151 Å². The highest BCUT2D eigenvalue weighted by atomic mass is 16.2. The van der Waals surface area contributed by atoms with Crippen molar-refractivity contribution in [3.63, 3.8) is 0 Å². The molecule has 0 bridgehead atoms. The van der Waals surface area contributed by atoms with Gasteiger partial charge in [0, 0.05) is 46.5 Å². The third-order valence-electron chi connectivity index (χ3n) is 4.20. The number of rotatable bonds is 4. The highest BCUT2D eigenvalue weighted by Crippen LogP contribution is 2.20. The maximum absolute atomic E-state index is 12.1. The first kappa shape index (κ1) is 17.6. The molecule has 1 saturated heterocycles. The van der Waals surface area contributed by atoms with Crippen molar-refractivity contribution < 1.29 is 9.59 Å². The SMILES string of the molecule is CN(C)C(=O)c1cncc(N2CCN(c3ncccc3C(N)=O)CC2)n1. The molecule has 1 fully saturated rings. The number of anilines is 2. The fourth-order valence-electron chi connectivity index (χ4n) is 2.83. The number of amides is 2. The smallest absolute Gasteiger partial charge is 0.273 e. The van der Waals surface area contributed by atoms with Crippen molar-refractivity contribution in [2.45, 2.75) is 0 Å². The predicted molar refractivity (Wildman–Crippen MR) is 97.2 cm³/mol. The van der Waals surface area contributed by atoms with E-state index >= 15 is 0 Å². The molecule has 2 aromatic heterocycles. The molecule has 9 heteroatoms. The lowest BCUT2D eigenvalue weighted by molar-refractivity contribution is 0.0821. The van der Waals surface area contributed by atoms with E-state index in [1.54, 1.807) is 38.6 Å². The number of aromatic nitrogens is 3. The monoisotopic (exact) mass is 355 g/mol. The second-order valence-electron chi connectivity index (χ2n) is 6.18. The maximum atomic E-state index is 12.1. The Balaban J connectivity index is 1.73. The van der Waals surface area contributed by atoms with E-state index in [4.69, 9.17) is 5.73 Å². The minimum absolute atomic E-state index is 0.183. The average Bonchev–Trinajstić information content (AvgIpc) is 2.67. The topological polar surface area (TPSA) is 109 Å². The number of nitrogens with two attached hydrogens (primary N) is 1. The summed E-state index contributed by atoms with van der Waals surface area (Å²) >= 11 is 0. The molecule has 2 amide bonds. The summed E-state index contributed by atoms with van der Waals surface area (Å²) < 4.78 is 0. The fraction of sp³-hybridized carbons (Fsp3) is 0.353. The molecule has 0 aromatic carbocycles. The molecule has 0 unspecified atom stereocenters. The zero-order valence-corrected chi connectivity index (χ0v) is 14.8. The van der Waals surface area contributed by atoms with Crippen molar-refractivity contribution in [3.8, 4) is 0 Å². The van der Waals surface area contributed by atoms with Gasteiger partial charge in [-0.25, -0.2) is 9.97 Å². The van der Waals surface area contributed by atoms with Gasteiger partial charge in [-0.15, -0.1) is 0 Å². The number of carbonyl (C=O) groups is 2. The van der Waals surface area contributed by atoms with Crippen LogP contribution in [0, 0.1) is 0 Å². The second kappa shape index (κ2) is 7.34. The molecule has 26 heavy (non-hydrogen) atoms. The Morgan fingerprint density at radius 2 is 1.81 bits per heavy atom. The summed E-state index contributed by atoms with van der Waals surface area (Å²) in [4.78, 5) is 42.1. The van der Waals surface area contributed by atoms with Gasteiger partial charge >= 0.3 is 0 Å². The van der Waals surface area contributed by atoms with Crippen LogP contribution in [0.15, 0.2) is 30.7 Å². The molecule has 0 atom stereocenters. The van der Waals surface area contributed by atoms with Crippen LogP contribution in [0.5, 0.6) is 0 Å². The van der Waals surface area contributed by atoms with Gasteiger partial charge in [0.05, 0.1) is 18.0 Å². The third kappa shape index (κ3) is 3.56. The minimum atomic E-state index is -0.490. The molecule has 0 radical (unpaired) electrons. The van der Waals surface area contributed by atoms with Crippen molar-refractivity contribution in [1.82, 2.24) is 19.9 Å². The van der Waals surface area contributed by atoms with Gasteiger partial charge in [-0.1, -0.05) is 0 Å². The van der Waals surface area contributed by atoms with E-state index in [0.29, 0.717) is 49.1 Å². The molecule has 2 aromatic rings. The minimum Gasteiger partial charge on any atom is -0.365 e. The number of pyridine rings is 1. The van der Waals surface area contributed by atoms with Gasteiger partial charge in [-0.2, -0.15) is 0 Å². The number of piperazine rings is 1. The Bertz CT molecular complexity index is 816. The molecular weight excluding hydrogens is 334 g/mol. The Kier molecular flexibility index (Phi) is 4.97.